The number of halogens is 2. The molecule has 0 atom stereocenters. The van der Waals surface area contributed by atoms with Gasteiger partial charge < -0.3 is 14.8 Å². The van der Waals surface area contributed by atoms with Gasteiger partial charge in [-0.15, -0.1) is 0 Å². The summed E-state index contributed by atoms with van der Waals surface area (Å²) in [6.45, 7) is 1.76. The van der Waals surface area contributed by atoms with Gasteiger partial charge in [0.25, 0.3) is 15.9 Å². The molecule has 1 saturated carbocycles. The summed E-state index contributed by atoms with van der Waals surface area (Å²) in [6, 6.07) is 17.2. The van der Waals surface area contributed by atoms with E-state index in [1.807, 2.05) is 0 Å². The van der Waals surface area contributed by atoms with Crippen molar-refractivity contribution >= 4 is 56.5 Å². The van der Waals surface area contributed by atoms with Crippen molar-refractivity contribution in [1.29, 1.82) is 0 Å². The summed E-state index contributed by atoms with van der Waals surface area (Å²) in [5.74, 6) is -0.504. The number of carbonyl (C=O) groups excluding carboxylic acids is 2. The van der Waals surface area contributed by atoms with Gasteiger partial charge >= 0.3 is 5.97 Å². The van der Waals surface area contributed by atoms with Crippen LogP contribution in [0.4, 0.5) is 11.4 Å². The molecule has 8 nitrogen and oxygen atoms in total. The molecule has 0 bridgehead atoms. The highest BCUT2D eigenvalue weighted by atomic mass is 35.5. The van der Waals surface area contributed by atoms with Crippen LogP contribution in [0.5, 0.6) is 5.75 Å². The third-order valence-corrected chi connectivity index (χ3v) is 7.73. The van der Waals surface area contributed by atoms with Crippen molar-refractivity contribution in [3.63, 3.8) is 0 Å². The fourth-order valence-electron chi connectivity index (χ4n) is 3.72. The van der Waals surface area contributed by atoms with Crippen LogP contribution in [0.1, 0.15) is 25.3 Å². The number of rotatable bonds is 10. The first kappa shape index (κ1) is 26.8. The van der Waals surface area contributed by atoms with Gasteiger partial charge in [0.15, 0.2) is 6.61 Å². The van der Waals surface area contributed by atoms with Gasteiger partial charge in [-0.05, 0) is 79.9 Å². The quantitative estimate of drug-likeness (QED) is 0.320. The van der Waals surface area contributed by atoms with Crippen LogP contribution in [0.25, 0.3) is 0 Å². The van der Waals surface area contributed by atoms with Crippen molar-refractivity contribution in [1.82, 2.24) is 0 Å². The van der Waals surface area contributed by atoms with Crippen LogP contribution in [-0.4, -0.2) is 33.5 Å². The molecule has 4 rings (SSSR count). The van der Waals surface area contributed by atoms with E-state index < -0.39 is 21.3 Å². The summed E-state index contributed by atoms with van der Waals surface area (Å²) in [4.78, 5) is 24.5. The molecule has 0 saturated heterocycles. The summed E-state index contributed by atoms with van der Waals surface area (Å²) >= 11 is 12.0. The first-order chi connectivity index (χ1) is 17.6. The molecule has 3 aromatic carbocycles. The predicted molar refractivity (Wildman–Crippen MR) is 142 cm³/mol. The van der Waals surface area contributed by atoms with E-state index in [9.17, 15) is 18.0 Å². The molecule has 0 unspecified atom stereocenters. The average Bonchev–Trinajstić information content (AvgIpc) is 3.67. The predicted octanol–water partition coefficient (Wildman–Crippen LogP) is 5.41. The largest absolute Gasteiger partial charge is 0.482 e. The molecule has 1 fully saturated rings. The number of hydrogen-bond donors (Lipinski definition) is 2. The molecule has 1 aliphatic carbocycles. The van der Waals surface area contributed by atoms with E-state index in [2.05, 4.69) is 10.0 Å². The monoisotopic (exact) mass is 562 g/mol. The molecule has 1 aliphatic rings. The van der Waals surface area contributed by atoms with Gasteiger partial charge in [0.2, 0.25) is 0 Å². The van der Waals surface area contributed by atoms with E-state index in [-0.39, 0.29) is 28.2 Å². The highest BCUT2D eigenvalue weighted by molar-refractivity contribution is 7.92. The molecule has 0 spiro atoms. The zero-order valence-corrected chi connectivity index (χ0v) is 22.1. The zero-order chi connectivity index (χ0) is 26.6. The van der Waals surface area contributed by atoms with Crippen molar-refractivity contribution in [2.24, 2.45) is 0 Å². The molecule has 2 N–H and O–H groups in total. The van der Waals surface area contributed by atoms with Crippen LogP contribution in [0.3, 0.4) is 0 Å². The van der Waals surface area contributed by atoms with E-state index >= 15 is 0 Å². The van der Waals surface area contributed by atoms with E-state index in [1.165, 1.54) is 30.3 Å². The number of anilines is 2. The number of hydrogen-bond acceptors (Lipinski definition) is 6. The topological polar surface area (TPSA) is 111 Å². The lowest BCUT2D eigenvalue weighted by Crippen LogP contribution is -2.23. The first-order valence-electron chi connectivity index (χ1n) is 11.4. The molecule has 0 radical (unpaired) electrons. The fourth-order valence-corrected chi connectivity index (χ4v) is 5.23. The number of carbonyl (C=O) groups is 2. The Kier molecular flexibility index (Phi) is 7.96. The maximum absolute atomic E-state index is 12.6. The molecule has 37 heavy (non-hydrogen) atoms. The Morgan fingerprint density at radius 2 is 1.59 bits per heavy atom. The number of benzene rings is 3. The van der Waals surface area contributed by atoms with Gasteiger partial charge in [-0.25, -0.2) is 8.42 Å². The van der Waals surface area contributed by atoms with E-state index in [1.54, 1.807) is 43.3 Å². The smallest absolute Gasteiger partial charge is 0.316 e. The van der Waals surface area contributed by atoms with E-state index in [4.69, 9.17) is 32.7 Å². The normalized spacial score (nSPS) is 13.9. The Hall–Kier alpha value is -3.27. The molecule has 1 amide bonds. The summed E-state index contributed by atoms with van der Waals surface area (Å²) in [5, 5.41) is 3.23. The van der Waals surface area contributed by atoms with Crippen molar-refractivity contribution in [3.05, 3.63) is 82.3 Å². The standard InChI is InChI=1S/C26H24Cl2N2O6S/c1-2-35-25(32)26(13-14-26)17-3-7-19(8-4-17)29-24(31)16-36-23-12-11-21(15-22(23)28)37(33,34)30-20-9-5-18(27)6-10-20/h3-12,15,30H,2,13-14,16H2,1H3,(H,29,31). The van der Waals surface area contributed by atoms with E-state index in [0.717, 1.165) is 18.4 Å². The Labute approximate surface area is 224 Å². The van der Waals surface area contributed by atoms with Gasteiger partial charge in [-0.2, -0.15) is 0 Å². The van der Waals surface area contributed by atoms with Crippen LogP contribution in [0.15, 0.2) is 71.6 Å². The summed E-state index contributed by atoms with van der Waals surface area (Å²) in [7, 11) is -3.90. The first-order valence-corrected chi connectivity index (χ1v) is 13.7. The average molecular weight is 563 g/mol. The summed E-state index contributed by atoms with van der Waals surface area (Å²) in [6.07, 6.45) is 1.48. The third kappa shape index (κ3) is 6.36. The van der Waals surface area contributed by atoms with Crippen molar-refractivity contribution < 1.29 is 27.5 Å². The number of sulfonamides is 1. The minimum Gasteiger partial charge on any atom is -0.482 e. The SMILES string of the molecule is CCOC(=O)C1(c2ccc(NC(=O)COc3ccc(S(=O)(=O)Nc4ccc(Cl)cc4)cc3Cl)cc2)CC1. The second-order valence-corrected chi connectivity index (χ2v) is 10.9. The van der Waals surface area contributed by atoms with Gasteiger partial charge in [0, 0.05) is 16.4 Å². The highest BCUT2D eigenvalue weighted by Gasteiger charge is 2.52. The summed E-state index contributed by atoms with van der Waals surface area (Å²) in [5.41, 5.74) is 1.16. The highest BCUT2D eigenvalue weighted by Crippen LogP contribution is 2.49. The molecule has 11 heteroatoms. The molecule has 194 valence electrons. The van der Waals surface area contributed by atoms with Crippen LogP contribution in [-0.2, 0) is 29.8 Å². The molecular formula is C26H24Cl2N2O6S. The van der Waals surface area contributed by atoms with Crippen molar-refractivity contribution in [3.8, 4) is 5.75 Å². The number of amides is 1. The fraction of sp³-hybridized carbons (Fsp3) is 0.231. The Morgan fingerprint density at radius 3 is 2.19 bits per heavy atom. The maximum Gasteiger partial charge on any atom is 0.316 e. The minimum atomic E-state index is -3.90. The van der Waals surface area contributed by atoms with Gasteiger partial charge in [0.1, 0.15) is 5.75 Å². The van der Waals surface area contributed by atoms with Crippen LogP contribution in [0.2, 0.25) is 10.0 Å². The molecule has 0 aliphatic heterocycles. The lowest BCUT2D eigenvalue weighted by Gasteiger charge is -2.15. The number of esters is 1. The molecule has 3 aromatic rings. The van der Waals surface area contributed by atoms with Crippen LogP contribution >= 0.6 is 23.2 Å². The lowest BCUT2D eigenvalue weighted by atomic mass is 9.96. The van der Waals surface area contributed by atoms with Crippen LogP contribution in [0, 0.1) is 0 Å². The second-order valence-electron chi connectivity index (χ2n) is 8.42. The Morgan fingerprint density at radius 1 is 0.946 bits per heavy atom. The molecular weight excluding hydrogens is 539 g/mol. The van der Waals surface area contributed by atoms with Gasteiger partial charge in [0.05, 0.1) is 21.9 Å². The van der Waals surface area contributed by atoms with Gasteiger partial charge in [-0.3, -0.25) is 14.3 Å². The minimum absolute atomic E-state index is 0.0323. The Balaban J connectivity index is 1.33. The third-order valence-electron chi connectivity index (χ3n) is 5.81. The number of ether oxygens (including phenoxy) is 2. The Bertz CT molecular complexity index is 1410. The summed E-state index contributed by atoms with van der Waals surface area (Å²) < 4.78 is 38.4. The maximum atomic E-state index is 12.6. The van der Waals surface area contributed by atoms with Gasteiger partial charge in [-0.1, -0.05) is 35.3 Å². The lowest BCUT2D eigenvalue weighted by molar-refractivity contribution is -0.146. The zero-order valence-electron chi connectivity index (χ0n) is 19.8. The second kappa shape index (κ2) is 11.0. The molecule has 0 aromatic heterocycles. The van der Waals surface area contributed by atoms with Crippen molar-refractivity contribution in [2.45, 2.75) is 30.1 Å². The number of nitrogens with one attached hydrogen (secondary N) is 2. The van der Waals surface area contributed by atoms with Crippen LogP contribution < -0.4 is 14.8 Å². The van der Waals surface area contributed by atoms with Crippen molar-refractivity contribution in [2.75, 3.05) is 23.3 Å². The van der Waals surface area contributed by atoms with E-state index in [0.29, 0.717) is 23.0 Å². The molecule has 0 heterocycles.